The summed E-state index contributed by atoms with van der Waals surface area (Å²) in [6.45, 7) is 0.198. The van der Waals surface area contributed by atoms with Crippen molar-refractivity contribution in [2.75, 3.05) is 6.54 Å². The summed E-state index contributed by atoms with van der Waals surface area (Å²) in [6.07, 6.45) is 1.34. The third-order valence-electron chi connectivity index (χ3n) is 3.46. The molecule has 0 aliphatic rings. The quantitative estimate of drug-likeness (QED) is 0.748. The van der Waals surface area contributed by atoms with Gasteiger partial charge in [0.2, 0.25) is 0 Å². The number of aliphatic carboxylic acids is 1. The van der Waals surface area contributed by atoms with Crippen LogP contribution in [0.4, 0.5) is 0 Å². The van der Waals surface area contributed by atoms with Crippen molar-refractivity contribution in [3.63, 3.8) is 0 Å². The van der Waals surface area contributed by atoms with Gasteiger partial charge in [-0.25, -0.2) is 9.78 Å². The van der Waals surface area contributed by atoms with Gasteiger partial charge < -0.3 is 15.9 Å². The Balaban J connectivity index is 2.40. The summed E-state index contributed by atoms with van der Waals surface area (Å²) < 4.78 is 0. The number of halogens is 1. The maximum absolute atomic E-state index is 10.9. The lowest BCUT2D eigenvalue weighted by molar-refractivity contribution is -0.137. The lowest BCUT2D eigenvalue weighted by Gasteiger charge is -2.15. The first-order chi connectivity index (χ1) is 10.9. The Bertz CT molecular complexity index is 731. The van der Waals surface area contributed by atoms with Crippen LogP contribution in [0, 0.1) is 0 Å². The highest BCUT2D eigenvalue weighted by Crippen LogP contribution is 2.31. The van der Waals surface area contributed by atoms with Crippen molar-refractivity contribution in [2.45, 2.75) is 12.3 Å². The number of benzene rings is 1. The summed E-state index contributed by atoms with van der Waals surface area (Å²) in [4.78, 5) is 25.6. The second-order valence-corrected chi connectivity index (χ2v) is 5.41. The summed E-state index contributed by atoms with van der Waals surface area (Å²) in [6, 6.07) is 8.17. The molecule has 1 unspecified atom stereocenters. The lowest BCUT2D eigenvalue weighted by atomic mass is 9.93. The Morgan fingerprint density at radius 1 is 1.22 bits per heavy atom. The number of carboxylic acid groups (broad SMARTS) is 2. The molecule has 0 spiro atoms. The molecule has 0 amide bonds. The lowest BCUT2D eigenvalue weighted by Crippen LogP contribution is -2.16. The highest BCUT2D eigenvalue weighted by molar-refractivity contribution is 6.33. The first-order valence-electron chi connectivity index (χ1n) is 6.83. The summed E-state index contributed by atoms with van der Waals surface area (Å²) in [5, 5.41) is 18.3. The average molecular weight is 335 g/mol. The molecule has 2 rings (SSSR count). The molecule has 0 saturated heterocycles. The van der Waals surface area contributed by atoms with E-state index in [2.05, 4.69) is 4.98 Å². The number of carboxylic acids is 2. The van der Waals surface area contributed by atoms with E-state index in [4.69, 9.17) is 27.5 Å². The molecule has 7 heteroatoms. The van der Waals surface area contributed by atoms with Gasteiger partial charge in [0.1, 0.15) is 5.69 Å². The fourth-order valence-corrected chi connectivity index (χ4v) is 2.47. The number of aromatic carboxylic acids is 1. The van der Waals surface area contributed by atoms with E-state index >= 15 is 0 Å². The van der Waals surface area contributed by atoms with E-state index in [9.17, 15) is 9.59 Å². The SMILES string of the molecule is NCC(CC(=O)O)c1ccc(Cl)c(-c2ccc(C(=O)O)nc2)c1. The van der Waals surface area contributed by atoms with Crippen LogP contribution in [0.5, 0.6) is 0 Å². The zero-order valence-corrected chi connectivity index (χ0v) is 12.8. The average Bonchev–Trinajstić information content (AvgIpc) is 2.53. The van der Waals surface area contributed by atoms with E-state index in [1.54, 1.807) is 24.3 Å². The molecule has 0 fully saturated rings. The smallest absolute Gasteiger partial charge is 0.354 e. The summed E-state index contributed by atoms with van der Waals surface area (Å²) in [5.41, 5.74) is 7.65. The summed E-state index contributed by atoms with van der Waals surface area (Å²) in [7, 11) is 0. The van der Waals surface area contributed by atoms with Gasteiger partial charge in [-0.3, -0.25) is 4.79 Å². The van der Waals surface area contributed by atoms with Gasteiger partial charge in [0.25, 0.3) is 0 Å². The van der Waals surface area contributed by atoms with Gasteiger partial charge in [0.05, 0.1) is 6.42 Å². The van der Waals surface area contributed by atoms with Crippen LogP contribution in [0.2, 0.25) is 5.02 Å². The molecule has 23 heavy (non-hydrogen) atoms. The maximum atomic E-state index is 10.9. The van der Waals surface area contributed by atoms with Crippen LogP contribution in [-0.2, 0) is 4.79 Å². The number of carbonyl (C=O) groups is 2. The Kier molecular flexibility index (Phi) is 5.31. The van der Waals surface area contributed by atoms with Crippen LogP contribution in [0.25, 0.3) is 11.1 Å². The molecule has 4 N–H and O–H groups in total. The predicted octanol–water partition coefficient (Wildman–Crippen LogP) is 2.62. The molecule has 0 aliphatic carbocycles. The number of hydrogen-bond acceptors (Lipinski definition) is 4. The zero-order valence-electron chi connectivity index (χ0n) is 12.1. The van der Waals surface area contributed by atoms with Crippen LogP contribution in [0.3, 0.4) is 0 Å². The van der Waals surface area contributed by atoms with Gasteiger partial charge in [0.15, 0.2) is 0 Å². The number of nitrogens with two attached hydrogens (primary N) is 1. The van der Waals surface area contributed by atoms with Crippen molar-refractivity contribution >= 4 is 23.5 Å². The summed E-state index contributed by atoms with van der Waals surface area (Å²) >= 11 is 6.20. The number of hydrogen-bond donors (Lipinski definition) is 3. The van der Waals surface area contributed by atoms with E-state index < -0.39 is 11.9 Å². The van der Waals surface area contributed by atoms with Gasteiger partial charge in [-0.2, -0.15) is 0 Å². The van der Waals surface area contributed by atoms with Gasteiger partial charge in [-0.1, -0.05) is 23.7 Å². The first-order valence-corrected chi connectivity index (χ1v) is 7.21. The summed E-state index contributed by atoms with van der Waals surface area (Å²) in [5.74, 6) is -2.36. The largest absolute Gasteiger partial charge is 0.481 e. The molecule has 120 valence electrons. The van der Waals surface area contributed by atoms with E-state index in [-0.39, 0.29) is 24.6 Å². The van der Waals surface area contributed by atoms with Crippen LogP contribution >= 0.6 is 11.6 Å². The molecule has 0 saturated carbocycles. The Morgan fingerprint density at radius 3 is 2.48 bits per heavy atom. The normalized spacial score (nSPS) is 11.9. The molecule has 0 radical (unpaired) electrons. The molecule has 1 aromatic carbocycles. The highest BCUT2D eigenvalue weighted by atomic mass is 35.5. The molecule has 1 atom stereocenters. The van der Waals surface area contributed by atoms with Crippen LogP contribution in [0.1, 0.15) is 28.4 Å². The maximum Gasteiger partial charge on any atom is 0.354 e. The van der Waals surface area contributed by atoms with Crippen LogP contribution < -0.4 is 5.73 Å². The minimum Gasteiger partial charge on any atom is -0.481 e. The van der Waals surface area contributed by atoms with Crippen LogP contribution in [-0.4, -0.2) is 33.7 Å². The monoisotopic (exact) mass is 334 g/mol. The van der Waals surface area contributed by atoms with Crippen molar-refractivity contribution < 1.29 is 19.8 Å². The first kappa shape index (κ1) is 16.9. The Labute approximate surface area is 137 Å². The Morgan fingerprint density at radius 2 is 1.96 bits per heavy atom. The molecular weight excluding hydrogens is 320 g/mol. The van der Waals surface area contributed by atoms with Crippen LogP contribution in [0.15, 0.2) is 36.5 Å². The standard InChI is InChI=1S/C16H15ClN2O4/c17-13-3-1-9(11(7-18)6-15(20)21)5-12(13)10-2-4-14(16(22)23)19-8-10/h1-5,8,11H,6-7,18H2,(H,20,21)(H,22,23). The predicted molar refractivity (Wildman–Crippen MR) is 85.7 cm³/mol. The second kappa shape index (κ2) is 7.21. The molecule has 0 bridgehead atoms. The fourth-order valence-electron chi connectivity index (χ4n) is 2.25. The number of pyridine rings is 1. The van der Waals surface area contributed by atoms with Gasteiger partial charge in [-0.15, -0.1) is 0 Å². The number of nitrogens with zero attached hydrogens (tertiary/aromatic N) is 1. The minimum absolute atomic E-state index is 0.0632. The van der Waals surface area contributed by atoms with E-state index in [1.165, 1.54) is 12.3 Å². The second-order valence-electron chi connectivity index (χ2n) is 5.01. The van der Waals surface area contributed by atoms with Crippen molar-refractivity contribution in [2.24, 2.45) is 5.73 Å². The van der Waals surface area contributed by atoms with E-state index in [1.807, 2.05) is 0 Å². The number of aromatic nitrogens is 1. The molecular formula is C16H15ClN2O4. The van der Waals surface area contributed by atoms with Gasteiger partial charge in [0, 0.05) is 28.3 Å². The third-order valence-corrected chi connectivity index (χ3v) is 3.79. The van der Waals surface area contributed by atoms with Crippen molar-refractivity contribution in [3.05, 3.63) is 52.8 Å². The molecule has 0 aliphatic heterocycles. The highest BCUT2D eigenvalue weighted by Gasteiger charge is 2.16. The minimum atomic E-state index is -1.11. The van der Waals surface area contributed by atoms with Crippen molar-refractivity contribution in [3.8, 4) is 11.1 Å². The molecule has 1 aromatic heterocycles. The molecule has 1 heterocycles. The molecule has 6 nitrogen and oxygen atoms in total. The van der Waals surface area contributed by atoms with Gasteiger partial charge >= 0.3 is 11.9 Å². The van der Waals surface area contributed by atoms with Crippen molar-refractivity contribution in [1.29, 1.82) is 0 Å². The Hall–Kier alpha value is -2.44. The molecule has 2 aromatic rings. The fraction of sp³-hybridized carbons (Fsp3) is 0.188. The van der Waals surface area contributed by atoms with Crippen molar-refractivity contribution in [1.82, 2.24) is 4.98 Å². The number of rotatable bonds is 6. The van der Waals surface area contributed by atoms with Gasteiger partial charge in [-0.05, 0) is 30.3 Å². The third kappa shape index (κ3) is 4.06. The van der Waals surface area contributed by atoms with E-state index in [0.717, 1.165) is 5.56 Å². The topological polar surface area (TPSA) is 114 Å². The van der Waals surface area contributed by atoms with E-state index in [0.29, 0.717) is 16.1 Å². The zero-order chi connectivity index (χ0) is 17.0.